The Labute approximate surface area is 207 Å². The van der Waals surface area contributed by atoms with E-state index >= 15 is 0 Å². The normalized spacial score (nSPS) is 16.5. The Bertz CT molecular complexity index is 1310. The van der Waals surface area contributed by atoms with Crippen molar-refractivity contribution in [3.8, 4) is 17.0 Å². The van der Waals surface area contributed by atoms with Gasteiger partial charge in [0.15, 0.2) is 17.7 Å². The van der Waals surface area contributed by atoms with E-state index in [2.05, 4.69) is 15.3 Å². The van der Waals surface area contributed by atoms with E-state index in [1.165, 1.54) is 29.4 Å². The smallest absolute Gasteiger partial charge is 0.253 e. The van der Waals surface area contributed by atoms with Crippen LogP contribution < -0.4 is 15.8 Å². The number of hydrogen-bond donors (Lipinski definition) is 2. The highest BCUT2D eigenvalue weighted by atomic mass is 19.1. The van der Waals surface area contributed by atoms with Crippen LogP contribution in [0.2, 0.25) is 0 Å². The van der Waals surface area contributed by atoms with Crippen molar-refractivity contribution in [1.29, 1.82) is 0 Å². The van der Waals surface area contributed by atoms with Crippen LogP contribution in [0.5, 0.6) is 5.75 Å². The Morgan fingerprint density at radius 2 is 2.00 bits per heavy atom. The molecule has 1 unspecified atom stereocenters. The highest BCUT2D eigenvalue weighted by Gasteiger charge is 2.33. The van der Waals surface area contributed by atoms with Crippen LogP contribution in [0.3, 0.4) is 0 Å². The molecule has 0 bridgehead atoms. The number of nitrogen functional groups attached to an aromatic ring is 1. The highest BCUT2D eigenvalue weighted by Crippen LogP contribution is 2.41. The lowest BCUT2D eigenvalue weighted by atomic mass is 10.0. The van der Waals surface area contributed by atoms with Gasteiger partial charge >= 0.3 is 0 Å². The fourth-order valence-electron chi connectivity index (χ4n) is 4.06. The van der Waals surface area contributed by atoms with E-state index in [4.69, 9.17) is 15.2 Å². The van der Waals surface area contributed by atoms with Gasteiger partial charge < -0.3 is 25.4 Å². The second-order valence-corrected chi connectivity index (χ2v) is 9.13. The summed E-state index contributed by atoms with van der Waals surface area (Å²) in [6.07, 6.45) is 3.04. The van der Waals surface area contributed by atoms with Crippen molar-refractivity contribution in [3.63, 3.8) is 0 Å². The minimum Gasteiger partial charge on any atom is -0.486 e. The standard InChI is InChI=1S/C26H27F2N5O3/c1-14-18(10-17(27)11-21(14)32-20-6-5-16(9-19(20)28)15-3-4-15)23-24(25(29)31-13-30-23)35-8-7-33(2)26(34)22-12-36-22/h5-6,9-11,13,15,22,32H,3-4,7-8,12H2,1-2H3,(H2,29,30,31). The van der Waals surface area contributed by atoms with E-state index in [0.29, 0.717) is 35.0 Å². The molecule has 10 heteroatoms. The van der Waals surface area contributed by atoms with Crippen molar-refractivity contribution in [2.45, 2.75) is 31.8 Å². The van der Waals surface area contributed by atoms with Gasteiger partial charge in [-0.05, 0) is 61.1 Å². The van der Waals surface area contributed by atoms with Crippen LogP contribution in [0.25, 0.3) is 11.3 Å². The molecule has 3 N–H and O–H groups in total. The van der Waals surface area contributed by atoms with Crippen LogP contribution in [0.15, 0.2) is 36.7 Å². The van der Waals surface area contributed by atoms with Gasteiger partial charge in [0.2, 0.25) is 0 Å². The van der Waals surface area contributed by atoms with Crippen molar-refractivity contribution in [1.82, 2.24) is 14.9 Å². The maximum atomic E-state index is 14.8. The molecule has 1 atom stereocenters. The third-order valence-corrected chi connectivity index (χ3v) is 6.43. The van der Waals surface area contributed by atoms with Crippen LogP contribution in [0, 0.1) is 18.6 Å². The summed E-state index contributed by atoms with van der Waals surface area (Å²) in [7, 11) is 1.66. The largest absolute Gasteiger partial charge is 0.486 e. The van der Waals surface area contributed by atoms with Crippen LogP contribution in [-0.2, 0) is 9.53 Å². The number of nitrogens with one attached hydrogen (secondary N) is 1. The molecule has 1 aliphatic carbocycles. The fraction of sp³-hybridized carbons (Fsp3) is 0.346. The molecular formula is C26H27F2N5O3. The van der Waals surface area contributed by atoms with Crippen molar-refractivity contribution in [2.75, 3.05) is 37.9 Å². The van der Waals surface area contributed by atoms with E-state index in [1.807, 2.05) is 6.07 Å². The molecule has 188 valence electrons. The molecule has 1 aliphatic heterocycles. The Balaban J connectivity index is 1.39. The number of nitrogens with zero attached hydrogens (tertiary/aromatic N) is 3. The van der Waals surface area contributed by atoms with Crippen LogP contribution in [0.1, 0.15) is 29.9 Å². The summed E-state index contributed by atoms with van der Waals surface area (Å²) < 4.78 is 40.4. The number of carbonyl (C=O) groups is 1. The summed E-state index contributed by atoms with van der Waals surface area (Å²) in [5.74, 6) is -0.357. The number of rotatable bonds is 9. The maximum Gasteiger partial charge on any atom is 0.253 e. The van der Waals surface area contributed by atoms with E-state index in [9.17, 15) is 13.6 Å². The zero-order valence-electron chi connectivity index (χ0n) is 20.1. The first kappa shape index (κ1) is 23.9. The number of anilines is 3. The van der Waals surface area contributed by atoms with Gasteiger partial charge in [-0.2, -0.15) is 0 Å². The van der Waals surface area contributed by atoms with E-state index in [-0.39, 0.29) is 42.4 Å². The third kappa shape index (κ3) is 5.08. The average Bonchev–Trinajstić information content (AvgIpc) is 3.76. The Hall–Kier alpha value is -3.79. The van der Waals surface area contributed by atoms with Crippen molar-refractivity contribution in [3.05, 3.63) is 59.4 Å². The van der Waals surface area contributed by atoms with Crippen LogP contribution in [-0.4, -0.2) is 53.7 Å². The predicted octanol–water partition coefficient (Wildman–Crippen LogP) is 4.17. The molecule has 2 aliphatic rings. The summed E-state index contributed by atoms with van der Waals surface area (Å²) in [5, 5.41) is 3.01. The maximum absolute atomic E-state index is 14.8. The van der Waals surface area contributed by atoms with Gasteiger partial charge in [0.05, 0.1) is 18.8 Å². The second-order valence-electron chi connectivity index (χ2n) is 9.13. The Morgan fingerprint density at radius 1 is 1.22 bits per heavy atom. The van der Waals surface area contributed by atoms with Gasteiger partial charge in [-0.1, -0.05) is 6.07 Å². The summed E-state index contributed by atoms with van der Waals surface area (Å²) in [6.45, 7) is 2.62. The molecule has 1 amide bonds. The average molecular weight is 496 g/mol. The summed E-state index contributed by atoms with van der Waals surface area (Å²) in [5.41, 5.74) is 9.04. The van der Waals surface area contributed by atoms with Crippen molar-refractivity contribution < 1.29 is 23.0 Å². The molecule has 1 saturated heterocycles. The number of aromatic nitrogens is 2. The van der Waals surface area contributed by atoms with E-state index in [0.717, 1.165) is 18.4 Å². The van der Waals surface area contributed by atoms with Crippen molar-refractivity contribution >= 4 is 23.1 Å². The number of likely N-dealkylation sites (N-methyl/N-ethyl adjacent to an activating group) is 1. The van der Waals surface area contributed by atoms with E-state index < -0.39 is 11.6 Å². The number of amides is 1. The number of hydrogen-bond acceptors (Lipinski definition) is 7. The molecule has 0 radical (unpaired) electrons. The number of nitrogens with two attached hydrogens (primary N) is 1. The third-order valence-electron chi connectivity index (χ3n) is 6.43. The lowest BCUT2D eigenvalue weighted by Crippen LogP contribution is -2.34. The first-order valence-electron chi connectivity index (χ1n) is 11.8. The summed E-state index contributed by atoms with van der Waals surface area (Å²) in [6, 6.07) is 7.73. The zero-order valence-corrected chi connectivity index (χ0v) is 20.1. The van der Waals surface area contributed by atoms with Crippen LogP contribution >= 0.6 is 0 Å². The highest BCUT2D eigenvalue weighted by molar-refractivity contribution is 5.83. The molecule has 36 heavy (non-hydrogen) atoms. The number of epoxide rings is 1. The fourth-order valence-corrected chi connectivity index (χ4v) is 4.06. The number of benzene rings is 2. The molecule has 3 aromatic rings. The first-order valence-corrected chi connectivity index (χ1v) is 11.8. The zero-order chi connectivity index (χ0) is 25.4. The van der Waals surface area contributed by atoms with E-state index in [1.54, 1.807) is 20.0 Å². The number of carbonyl (C=O) groups excluding carboxylic acids is 1. The lowest BCUT2D eigenvalue weighted by Gasteiger charge is -2.19. The number of halogens is 2. The molecule has 2 aromatic carbocycles. The lowest BCUT2D eigenvalue weighted by molar-refractivity contribution is -0.131. The minimum absolute atomic E-state index is 0.0828. The quantitative estimate of drug-likeness (QED) is 0.429. The van der Waals surface area contributed by atoms with Gasteiger partial charge in [-0.25, -0.2) is 18.7 Å². The van der Waals surface area contributed by atoms with Crippen molar-refractivity contribution in [2.24, 2.45) is 0 Å². The molecule has 2 fully saturated rings. The molecule has 1 saturated carbocycles. The van der Waals surface area contributed by atoms with Gasteiger partial charge in [0, 0.05) is 18.3 Å². The predicted molar refractivity (Wildman–Crippen MR) is 131 cm³/mol. The molecule has 5 rings (SSSR count). The first-order chi connectivity index (χ1) is 17.3. The monoisotopic (exact) mass is 495 g/mol. The second kappa shape index (κ2) is 9.69. The molecule has 8 nitrogen and oxygen atoms in total. The van der Waals surface area contributed by atoms with Gasteiger partial charge in [-0.15, -0.1) is 0 Å². The molecule has 0 spiro atoms. The molecule has 1 aromatic heterocycles. The summed E-state index contributed by atoms with van der Waals surface area (Å²) >= 11 is 0. The topological polar surface area (TPSA) is 106 Å². The SMILES string of the molecule is Cc1c(Nc2ccc(C3CC3)cc2F)cc(F)cc1-c1ncnc(N)c1OCCN(C)C(=O)C1CO1. The van der Waals surface area contributed by atoms with Gasteiger partial charge in [-0.3, -0.25) is 4.79 Å². The molecular weight excluding hydrogens is 468 g/mol. The Kier molecular flexibility index (Phi) is 6.44. The molecule has 2 heterocycles. The van der Waals surface area contributed by atoms with Crippen LogP contribution in [0.4, 0.5) is 26.0 Å². The Morgan fingerprint density at radius 3 is 2.69 bits per heavy atom. The minimum atomic E-state index is -0.536. The summed E-state index contributed by atoms with van der Waals surface area (Å²) in [4.78, 5) is 21.9. The number of ether oxygens (including phenoxy) is 2. The van der Waals surface area contributed by atoms with Gasteiger partial charge in [0.25, 0.3) is 5.91 Å². The van der Waals surface area contributed by atoms with Gasteiger partial charge in [0.1, 0.15) is 30.3 Å².